The molecule has 0 bridgehead atoms. The van der Waals surface area contributed by atoms with Gasteiger partial charge >= 0.3 is 0 Å². The van der Waals surface area contributed by atoms with Crippen molar-refractivity contribution in [2.45, 2.75) is 25.7 Å². The van der Waals surface area contributed by atoms with Gasteiger partial charge in [0.1, 0.15) is 0 Å². The molecule has 0 atom stereocenters. The molecule has 1 aliphatic rings. The van der Waals surface area contributed by atoms with E-state index >= 15 is 0 Å². The number of hydrogen-bond acceptors (Lipinski definition) is 1. The van der Waals surface area contributed by atoms with Crippen molar-refractivity contribution >= 4 is 0 Å². The van der Waals surface area contributed by atoms with Crippen LogP contribution in [0.3, 0.4) is 0 Å². The summed E-state index contributed by atoms with van der Waals surface area (Å²) < 4.78 is 0. The topological polar surface area (TPSA) is 20.2 Å². The Hall–Kier alpha value is 0.622. The molecule has 0 spiro atoms. The third-order valence-corrected chi connectivity index (χ3v) is 1.73. The van der Waals surface area contributed by atoms with Crippen LogP contribution >= 0.6 is 0 Å². The quantitative estimate of drug-likeness (QED) is 0.639. The Bertz CT molecular complexity index is 50.5. The van der Waals surface area contributed by atoms with Crippen LogP contribution in [0.25, 0.3) is 0 Å². The van der Waals surface area contributed by atoms with Gasteiger partial charge in [0.2, 0.25) is 0 Å². The van der Waals surface area contributed by atoms with Crippen molar-refractivity contribution in [1.29, 1.82) is 0 Å². The van der Waals surface area contributed by atoms with E-state index in [2.05, 4.69) is 0 Å². The van der Waals surface area contributed by atoms with Crippen LogP contribution in [0.2, 0.25) is 0 Å². The van der Waals surface area contributed by atoms with Gasteiger partial charge in [-0.15, -0.1) is 0 Å². The van der Waals surface area contributed by atoms with Gasteiger partial charge in [-0.1, -0.05) is 12.8 Å². The molecule has 1 rings (SSSR count). The second kappa shape index (κ2) is 4.50. The molecule has 0 aromatic rings. The molecule has 8 heavy (non-hydrogen) atoms. The summed E-state index contributed by atoms with van der Waals surface area (Å²) in [6.45, 7) is 0.417. The SMILES string of the molecule is OCC1CCCC1.[Pd]. The number of hydrogen-bond donors (Lipinski definition) is 1. The monoisotopic (exact) mass is 206 g/mol. The molecule has 0 heterocycles. The Balaban J connectivity index is 0.000000490. The van der Waals surface area contributed by atoms with Gasteiger partial charge in [0.25, 0.3) is 0 Å². The summed E-state index contributed by atoms with van der Waals surface area (Å²) >= 11 is 0. The molecule has 0 aliphatic heterocycles. The molecule has 1 aliphatic carbocycles. The summed E-state index contributed by atoms with van der Waals surface area (Å²) in [6.07, 6.45) is 5.20. The average Bonchev–Trinajstić information content (AvgIpc) is 2.14. The van der Waals surface area contributed by atoms with Gasteiger partial charge in [-0.3, -0.25) is 0 Å². The summed E-state index contributed by atoms with van der Waals surface area (Å²) in [7, 11) is 0. The van der Waals surface area contributed by atoms with Crippen molar-refractivity contribution in [2.75, 3.05) is 6.61 Å². The fraction of sp³-hybridized carbons (Fsp3) is 1.00. The van der Waals surface area contributed by atoms with Crippen molar-refractivity contribution in [3.05, 3.63) is 0 Å². The van der Waals surface area contributed by atoms with Crippen LogP contribution in [-0.4, -0.2) is 11.7 Å². The molecule has 1 fully saturated rings. The van der Waals surface area contributed by atoms with Gasteiger partial charge in [-0.05, 0) is 18.8 Å². The van der Waals surface area contributed by atoms with Gasteiger partial charge in [-0.2, -0.15) is 0 Å². The van der Waals surface area contributed by atoms with E-state index in [1.54, 1.807) is 0 Å². The Kier molecular flexibility index (Phi) is 4.85. The first kappa shape index (κ1) is 8.62. The molecule has 0 aromatic heterocycles. The van der Waals surface area contributed by atoms with Gasteiger partial charge in [-0.25, -0.2) is 0 Å². The third-order valence-electron chi connectivity index (χ3n) is 1.73. The predicted molar refractivity (Wildman–Crippen MR) is 29.0 cm³/mol. The van der Waals surface area contributed by atoms with Crippen molar-refractivity contribution in [2.24, 2.45) is 5.92 Å². The first-order chi connectivity index (χ1) is 3.43. The minimum Gasteiger partial charge on any atom is -0.396 e. The van der Waals surface area contributed by atoms with E-state index in [4.69, 9.17) is 5.11 Å². The fourth-order valence-electron chi connectivity index (χ4n) is 1.19. The molecule has 52 valence electrons. The first-order valence-electron chi connectivity index (χ1n) is 3.04. The molecule has 0 aromatic carbocycles. The van der Waals surface area contributed by atoms with Crippen LogP contribution in [0.4, 0.5) is 0 Å². The standard InChI is InChI=1S/C6H12O.Pd/c7-5-6-3-1-2-4-6;/h6-7H,1-5H2;. The van der Waals surface area contributed by atoms with Gasteiger partial charge < -0.3 is 5.11 Å². The molecule has 2 heteroatoms. The molecule has 0 amide bonds. The van der Waals surface area contributed by atoms with E-state index in [9.17, 15) is 0 Å². The number of aliphatic hydroxyl groups is 1. The van der Waals surface area contributed by atoms with Crippen molar-refractivity contribution in [3.8, 4) is 0 Å². The zero-order valence-corrected chi connectivity index (χ0v) is 6.43. The third kappa shape index (κ3) is 2.26. The maximum absolute atomic E-state index is 8.57. The summed E-state index contributed by atoms with van der Waals surface area (Å²) in [5.74, 6) is 0.653. The summed E-state index contributed by atoms with van der Waals surface area (Å²) in [5.41, 5.74) is 0. The zero-order valence-electron chi connectivity index (χ0n) is 4.88. The molecule has 1 N–H and O–H groups in total. The fourth-order valence-corrected chi connectivity index (χ4v) is 1.19. The summed E-state index contributed by atoms with van der Waals surface area (Å²) in [4.78, 5) is 0. The second-order valence-corrected chi connectivity index (χ2v) is 2.33. The average molecular weight is 207 g/mol. The number of rotatable bonds is 1. The van der Waals surface area contributed by atoms with Crippen LogP contribution in [0, 0.1) is 5.92 Å². The molecule has 0 radical (unpaired) electrons. The van der Waals surface area contributed by atoms with E-state index in [-0.39, 0.29) is 20.4 Å². The minimum absolute atomic E-state index is 0. The summed E-state index contributed by atoms with van der Waals surface area (Å²) in [6, 6.07) is 0. The molecular formula is C6H12OPd. The van der Waals surface area contributed by atoms with E-state index in [0.717, 1.165) is 0 Å². The first-order valence-corrected chi connectivity index (χ1v) is 3.04. The Morgan fingerprint density at radius 1 is 1.25 bits per heavy atom. The van der Waals surface area contributed by atoms with E-state index in [1.807, 2.05) is 0 Å². The van der Waals surface area contributed by atoms with Crippen LogP contribution in [0.15, 0.2) is 0 Å². The van der Waals surface area contributed by atoms with Crippen LogP contribution < -0.4 is 0 Å². The smallest absolute Gasteiger partial charge is 0.0459 e. The zero-order chi connectivity index (χ0) is 5.11. The van der Waals surface area contributed by atoms with E-state index < -0.39 is 0 Å². The maximum atomic E-state index is 8.57. The van der Waals surface area contributed by atoms with E-state index in [1.165, 1.54) is 25.7 Å². The molecule has 1 nitrogen and oxygen atoms in total. The Morgan fingerprint density at radius 2 is 1.75 bits per heavy atom. The molecule has 1 saturated carbocycles. The molecule has 0 saturated heterocycles. The van der Waals surface area contributed by atoms with Crippen molar-refractivity contribution in [3.63, 3.8) is 0 Å². The minimum atomic E-state index is 0. The van der Waals surface area contributed by atoms with E-state index in [0.29, 0.717) is 12.5 Å². The maximum Gasteiger partial charge on any atom is 0.0459 e. The summed E-state index contributed by atoms with van der Waals surface area (Å²) in [5, 5.41) is 8.57. The number of aliphatic hydroxyl groups excluding tert-OH is 1. The largest absolute Gasteiger partial charge is 0.396 e. The van der Waals surface area contributed by atoms with Gasteiger partial charge in [0, 0.05) is 27.0 Å². The van der Waals surface area contributed by atoms with Crippen molar-refractivity contribution < 1.29 is 25.5 Å². The van der Waals surface area contributed by atoms with Crippen LogP contribution in [0.1, 0.15) is 25.7 Å². The van der Waals surface area contributed by atoms with Crippen LogP contribution in [-0.2, 0) is 20.4 Å². The van der Waals surface area contributed by atoms with Crippen LogP contribution in [0.5, 0.6) is 0 Å². The Morgan fingerprint density at radius 3 is 2.00 bits per heavy atom. The predicted octanol–water partition coefficient (Wildman–Crippen LogP) is 1.17. The molecule has 0 unspecified atom stereocenters. The second-order valence-electron chi connectivity index (χ2n) is 2.33. The van der Waals surface area contributed by atoms with Crippen molar-refractivity contribution in [1.82, 2.24) is 0 Å². The normalized spacial score (nSPS) is 20.6. The van der Waals surface area contributed by atoms with Gasteiger partial charge in [0.05, 0.1) is 0 Å². The van der Waals surface area contributed by atoms with Gasteiger partial charge in [0.15, 0.2) is 0 Å². The molecular weight excluding hydrogens is 194 g/mol. The Labute approximate surface area is 64.1 Å².